The van der Waals surface area contributed by atoms with E-state index in [9.17, 15) is 13.3 Å². The van der Waals surface area contributed by atoms with E-state index in [-0.39, 0.29) is 23.7 Å². The van der Waals surface area contributed by atoms with Crippen molar-refractivity contribution in [1.29, 1.82) is 0 Å². The van der Waals surface area contributed by atoms with Crippen LogP contribution in [0.2, 0.25) is 0 Å². The summed E-state index contributed by atoms with van der Waals surface area (Å²) < 4.78 is 42.5. The topological polar surface area (TPSA) is 58.6 Å². The van der Waals surface area contributed by atoms with Crippen molar-refractivity contribution in [2.45, 2.75) is 56.4 Å². The van der Waals surface area contributed by atoms with Crippen LogP contribution in [0.4, 0.5) is 8.78 Å². The van der Waals surface area contributed by atoms with Crippen LogP contribution >= 0.6 is 20.0 Å². The smallest absolute Gasteiger partial charge is 0.313 e. The predicted octanol–water partition coefficient (Wildman–Crippen LogP) is 6.35. The molecular formula is C23H31F2NO3PS+. The molecule has 2 N–H and O–H groups in total. The van der Waals surface area contributed by atoms with E-state index in [1.807, 2.05) is 24.3 Å². The van der Waals surface area contributed by atoms with Crippen molar-refractivity contribution in [1.82, 2.24) is 5.32 Å². The van der Waals surface area contributed by atoms with Gasteiger partial charge in [0.05, 0.1) is 0 Å². The summed E-state index contributed by atoms with van der Waals surface area (Å²) in [5.41, 5.74) is 1.98. The van der Waals surface area contributed by atoms with Crippen LogP contribution < -0.4 is 5.32 Å². The number of nitrogens with one attached hydrogen (secondary N) is 1. The Bertz CT molecular complexity index is 834. The van der Waals surface area contributed by atoms with Crippen molar-refractivity contribution in [3.8, 4) is 0 Å². The van der Waals surface area contributed by atoms with E-state index in [1.165, 1.54) is 23.9 Å². The van der Waals surface area contributed by atoms with Crippen LogP contribution in [0, 0.1) is 11.6 Å². The minimum atomic E-state index is -2.54. The lowest BCUT2D eigenvalue weighted by Gasteiger charge is -2.25. The van der Waals surface area contributed by atoms with Gasteiger partial charge in [0.25, 0.3) is 0 Å². The molecule has 0 aliphatic carbocycles. The zero-order valence-electron chi connectivity index (χ0n) is 18.1. The first-order valence-electron chi connectivity index (χ1n) is 10.4. The van der Waals surface area contributed by atoms with E-state index in [2.05, 4.69) is 23.7 Å². The van der Waals surface area contributed by atoms with Crippen molar-refractivity contribution in [2.75, 3.05) is 18.9 Å². The standard InChI is InChI=1S/C23H30F2NO3PS/c1-23(2,19-7-9-20(24)10-8-19)12-3-4-15-31-22-11-6-18(16-21(22)25)17-26-13-5-14-29-30(27)28/h6-11,16,26H,3-5,12-15,17H2,1-2H3/p+1. The largest absolute Gasteiger partial charge is 0.694 e. The summed E-state index contributed by atoms with van der Waals surface area (Å²) in [5.74, 6) is 0.421. The summed E-state index contributed by atoms with van der Waals surface area (Å²) in [4.78, 5) is 9.19. The number of hydrogen-bond acceptors (Lipinski definition) is 4. The van der Waals surface area contributed by atoms with Crippen LogP contribution in [-0.2, 0) is 21.0 Å². The Morgan fingerprint density at radius 1 is 1.10 bits per heavy atom. The predicted molar refractivity (Wildman–Crippen MR) is 123 cm³/mol. The lowest BCUT2D eigenvalue weighted by atomic mass is 9.80. The Kier molecular flexibility index (Phi) is 11.1. The van der Waals surface area contributed by atoms with Crippen molar-refractivity contribution in [2.24, 2.45) is 0 Å². The van der Waals surface area contributed by atoms with E-state index in [0.717, 1.165) is 36.1 Å². The van der Waals surface area contributed by atoms with Crippen LogP contribution in [0.15, 0.2) is 47.4 Å². The molecule has 0 saturated heterocycles. The van der Waals surface area contributed by atoms with Gasteiger partial charge in [-0.3, -0.25) is 0 Å². The monoisotopic (exact) mass is 470 g/mol. The molecule has 0 fully saturated rings. The van der Waals surface area contributed by atoms with Gasteiger partial charge in [-0.25, -0.2) is 8.78 Å². The third-order valence-corrected chi connectivity index (χ3v) is 6.64. The molecule has 0 aliphatic rings. The summed E-state index contributed by atoms with van der Waals surface area (Å²) in [6.45, 7) is 5.70. The number of benzene rings is 2. The molecule has 170 valence electrons. The minimum Gasteiger partial charge on any atom is -0.313 e. The van der Waals surface area contributed by atoms with E-state index in [0.29, 0.717) is 24.4 Å². The highest BCUT2D eigenvalue weighted by Gasteiger charge is 2.20. The molecule has 0 radical (unpaired) electrons. The lowest BCUT2D eigenvalue weighted by molar-refractivity contribution is 0.276. The Morgan fingerprint density at radius 3 is 2.52 bits per heavy atom. The summed E-state index contributed by atoms with van der Waals surface area (Å²) in [6, 6.07) is 12.0. The van der Waals surface area contributed by atoms with Crippen molar-refractivity contribution < 1.29 is 22.8 Å². The highest BCUT2D eigenvalue weighted by molar-refractivity contribution is 7.99. The van der Waals surface area contributed by atoms with Gasteiger partial charge < -0.3 is 5.32 Å². The second kappa shape index (κ2) is 13.2. The molecule has 0 spiro atoms. The van der Waals surface area contributed by atoms with Gasteiger partial charge in [-0.05, 0) is 72.4 Å². The number of halogens is 2. The highest BCUT2D eigenvalue weighted by Crippen LogP contribution is 2.30. The highest BCUT2D eigenvalue weighted by atomic mass is 32.2. The maximum atomic E-state index is 14.4. The molecule has 2 aromatic rings. The van der Waals surface area contributed by atoms with Crippen molar-refractivity contribution >= 4 is 20.0 Å². The van der Waals surface area contributed by atoms with Crippen molar-refractivity contribution in [3.05, 3.63) is 65.2 Å². The van der Waals surface area contributed by atoms with E-state index in [1.54, 1.807) is 6.07 Å². The van der Waals surface area contributed by atoms with Gasteiger partial charge in [0.1, 0.15) is 18.2 Å². The number of unbranched alkanes of at least 4 members (excludes halogenated alkanes) is 1. The van der Waals surface area contributed by atoms with E-state index >= 15 is 0 Å². The molecule has 2 rings (SSSR count). The Morgan fingerprint density at radius 2 is 1.84 bits per heavy atom. The molecule has 0 saturated carbocycles. The number of rotatable bonds is 14. The first-order valence-corrected chi connectivity index (χ1v) is 12.6. The maximum Gasteiger partial charge on any atom is 0.694 e. The van der Waals surface area contributed by atoms with Crippen LogP contribution in [0.25, 0.3) is 0 Å². The van der Waals surface area contributed by atoms with Gasteiger partial charge in [0.15, 0.2) is 0 Å². The summed E-state index contributed by atoms with van der Waals surface area (Å²) in [5, 5.41) is 3.16. The van der Waals surface area contributed by atoms with E-state index in [4.69, 9.17) is 4.89 Å². The normalized spacial score (nSPS) is 12.2. The van der Waals surface area contributed by atoms with Gasteiger partial charge in [-0.1, -0.05) is 38.5 Å². The fourth-order valence-electron chi connectivity index (χ4n) is 3.24. The second-order valence-corrected chi connectivity index (χ2v) is 9.93. The quantitative estimate of drug-likeness (QED) is 0.191. The zero-order chi connectivity index (χ0) is 22.7. The third-order valence-electron chi connectivity index (χ3n) is 5.10. The molecule has 2 aromatic carbocycles. The Balaban J connectivity index is 1.66. The van der Waals surface area contributed by atoms with Crippen LogP contribution in [0.5, 0.6) is 0 Å². The second-order valence-electron chi connectivity index (χ2n) is 8.06. The lowest BCUT2D eigenvalue weighted by Crippen LogP contribution is -2.17. The van der Waals surface area contributed by atoms with Crippen molar-refractivity contribution in [3.63, 3.8) is 0 Å². The van der Waals surface area contributed by atoms with Crippen LogP contribution in [-0.4, -0.2) is 23.8 Å². The fraction of sp³-hybridized carbons (Fsp3) is 0.478. The number of thioether (sulfide) groups is 1. The van der Waals surface area contributed by atoms with Crippen LogP contribution in [0.3, 0.4) is 0 Å². The molecule has 0 aromatic heterocycles. The fourth-order valence-corrected chi connectivity index (χ4v) is 4.46. The minimum absolute atomic E-state index is 0.0138. The average molecular weight is 471 g/mol. The zero-order valence-corrected chi connectivity index (χ0v) is 19.8. The Labute approximate surface area is 188 Å². The van der Waals surface area contributed by atoms with Gasteiger partial charge in [-0.2, -0.15) is 0 Å². The SMILES string of the molecule is CC(C)(CCCCSc1ccc(CNCCCO[P+](=O)O)cc1F)c1ccc(F)cc1. The van der Waals surface area contributed by atoms with E-state index < -0.39 is 8.25 Å². The molecule has 0 heterocycles. The average Bonchev–Trinajstić information content (AvgIpc) is 2.71. The molecule has 4 nitrogen and oxygen atoms in total. The molecule has 0 aliphatic heterocycles. The molecule has 31 heavy (non-hydrogen) atoms. The van der Waals surface area contributed by atoms with Gasteiger partial charge in [0, 0.05) is 16.0 Å². The molecule has 1 unspecified atom stereocenters. The first-order chi connectivity index (χ1) is 14.8. The molecular weight excluding hydrogens is 439 g/mol. The van der Waals surface area contributed by atoms with Gasteiger partial charge >= 0.3 is 8.25 Å². The molecule has 1 atom stereocenters. The third kappa shape index (κ3) is 9.75. The summed E-state index contributed by atoms with van der Waals surface area (Å²) in [6.07, 6.45) is 3.61. The molecule has 8 heteroatoms. The van der Waals surface area contributed by atoms with Gasteiger partial charge in [0.2, 0.25) is 0 Å². The maximum absolute atomic E-state index is 14.4. The summed E-state index contributed by atoms with van der Waals surface area (Å²) >= 11 is 1.53. The molecule has 0 amide bonds. The first kappa shape index (κ1) is 25.9. The van der Waals surface area contributed by atoms with Gasteiger partial charge in [-0.15, -0.1) is 21.2 Å². The summed E-state index contributed by atoms with van der Waals surface area (Å²) in [7, 11) is -2.54. The van der Waals surface area contributed by atoms with Crippen LogP contribution in [0.1, 0.15) is 50.7 Å². The Hall–Kier alpha value is -1.37. The molecule has 0 bridgehead atoms. The number of hydrogen-bond donors (Lipinski definition) is 2.